The Bertz CT molecular complexity index is 530. The second-order valence-corrected chi connectivity index (χ2v) is 6.01. The average Bonchev–Trinajstić information content (AvgIpc) is 2.83. The van der Waals surface area contributed by atoms with Gasteiger partial charge in [-0.25, -0.2) is 5.84 Å². The SMILES string of the molecule is CC(C)(C)c1ccc(OCc2nnsc2NN)cc1. The van der Waals surface area contributed by atoms with Crippen LogP contribution in [-0.4, -0.2) is 9.59 Å². The number of hydrogen-bond donors (Lipinski definition) is 2. The molecule has 0 amide bonds. The summed E-state index contributed by atoms with van der Waals surface area (Å²) in [7, 11) is 0. The van der Waals surface area contributed by atoms with Crippen LogP contribution in [-0.2, 0) is 12.0 Å². The molecule has 1 heterocycles. The van der Waals surface area contributed by atoms with Crippen LogP contribution in [0.1, 0.15) is 32.0 Å². The Kier molecular flexibility index (Phi) is 4.01. The zero-order valence-corrected chi connectivity index (χ0v) is 12.1. The zero-order valence-electron chi connectivity index (χ0n) is 11.3. The van der Waals surface area contributed by atoms with Gasteiger partial charge < -0.3 is 10.2 Å². The lowest BCUT2D eigenvalue weighted by molar-refractivity contribution is 0.301. The molecule has 2 aromatic rings. The summed E-state index contributed by atoms with van der Waals surface area (Å²) in [5.41, 5.74) is 4.69. The van der Waals surface area contributed by atoms with Crippen molar-refractivity contribution in [1.82, 2.24) is 9.59 Å². The van der Waals surface area contributed by atoms with E-state index in [1.807, 2.05) is 12.1 Å². The third kappa shape index (κ3) is 3.42. The molecule has 0 spiro atoms. The van der Waals surface area contributed by atoms with Crippen molar-refractivity contribution in [3.05, 3.63) is 35.5 Å². The Balaban J connectivity index is 2.01. The van der Waals surface area contributed by atoms with Gasteiger partial charge in [0.25, 0.3) is 0 Å². The molecule has 0 aliphatic rings. The maximum Gasteiger partial charge on any atom is 0.150 e. The molecule has 0 fully saturated rings. The summed E-state index contributed by atoms with van der Waals surface area (Å²) in [5, 5.41) is 4.69. The van der Waals surface area contributed by atoms with Gasteiger partial charge in [-0.3, -0.25) is 0 Å². The summed E-state index contributed by atoms with van der Waals surface area (Å²) in [6.07, 6.45) is 0. The third-order valence-corrected chi connectivity index (χ3v) is 3.48. The van der Waals surface area contributed by atoms with Crippen LogP contribution in [0.3, 0.4) is 0 Å². The first-order valence-corrected chi connectivity index (χ1v) is 6.79. The van der Waals surface area contributed by atoms with E-state index in [0.717, 1.165) is 10.8 Å². The highest BCUT2D eigenvalue weighted by Crippen LogP contribution is 2.25. The quantitative estimate of drug-likeness (QED) is 0.664. The maximum absolute atomic E-state index is 5.67. The van der Waals surface area contributed by atoms with E-state index in [4.69, 9.17) is 10.6 Å². The topological polar surface area (TPSA) is 73.1 Å². The molecule has 0 saturated carbocycles. The lowest BCUT2D eigenvalue weighted by atomic mass is 9.87. The molecule has 0 aliphatic carbocycles. The highest BCUT2D eigenvalue weighted by Gasteiger charge is 2.13. The van der Waals surface area contributed by atoms with Gasteiger partial charge in [-0.1, -0.05) is 37.4 Å². The molecule has 0 unspecified atom stereocenters. The molecule has 1 aromatic heterocycles. The summed E-state index contributed by atoms with van der Waals surface area (Å²) in [6, 6.07) is 8.10. The van der Waals surface area contributed by atoms with E-state index in [9.17, 15) is 0 Å². The summed E-state index contributed by atoms with van der Waals surface area (Å²) >= 11 is 1.21. The number of ether oxygens (including phenoxy) is 1. The smallest absolute Gasteiger partial charge is 0.150 e. The molecular weight excluding hydrogens is 260 g/mol. The Hall–Kier alpha value is -1.66. The Morgan fingerprint density at radius 3 is 2.53 bits per heavy atom. The predicted octanol–water partition coefficient (Wildman–Crippen LogP) is 2.70. The summed E-state index contributed by atoms with van der Waals surface area (Å²) < 4.78 is 9.49. The van der Waals surface area contributed by atoms with Crippen molar-refractivity contribution in [1.29, 1.82) is 0 Å². The minimum Gasteiger partial charge on any atom is -0.487 e. The van der Waals surface area contributed by atoms with Crippen LogP contribution in [0.2, 0.25) is 0 Å². The number of benzene rings is 1. The number of rotatable bonds is 4. The zero-order chi connectivity index (χ0) is 13.9. The van der Waals surface area contributed by atoms with Crippen molar-refractivity contribution in [2.75, 3.05) is 5.43 Å². The van der Waals surface area contributed by atoms with Crippen LogP contribution in [0, 0.1) is 0 Å². The number of nitrogen functional groups attached to an aromatic ring is 1. The molecule has 2 rings (SSSR count). The lowest BCUT2D eigenvalue weighted by Crippen LogP contribution is -2.10. The minimum atomic E-state index is 0.147. The monoisotopic (exact) mass is 278 g/mol. The molecule has 6 heteroatoms. The lowest BCUT2D eigenvalue weighted by Gasteiger charge is -2.19. The van der Waals surface area contributed by atoms with Crippen molar-refractivity contribution >= 4 is 16.5 Å². The van der Waals surface area contributed by atoms with Crippen LogP contribution in [0.5, 0.6) is 5.75 Å². The Morgan fingerprint density at radius 1 is 1.26 bits per heavy atom. The summed E-state index contributed by atoms with van der Waals surface area (Å²) in [6.45, 7) is 6.90. The molecule has 0 aliphatic heterocycles. The largest absolute Gasteiger partial charge is 0.487 e. The molecule has 1 aromatic carbocycles. The second kappa shape index (κ2) is 5.54. The van der Waals surface area contributed by atoms with Crippen LogP contribution >= 0.6 is 11.5 Å². The number of hydrogen-bond acceptors (Lipinski definition) is 6. The third-order valence-electron chi connectivity index (χ3n) is 2.78. The molecular formula is C13H18N4OS. The molecule has 0 bridgehead atoms. The fraction of sp³-hybridized carbons (Fsp3) is 0.385. The molecule has 3 N–H and O–H groups in total. The molecule has 102 valence electrons. The van der Waals surface area contributed by atoms with Gasteiger partial charge in [-0.2, -0.15) is 0 Å². The van der Waals surface area contributed by atoms with E-state index in [1.165, 1.54) is 17.1 Å². The van der Waals surface area contributed by atoms with Gasteiger partial charge >= 0.3 is 0 Å². The van der Waals surface area contributed by atoms with Crippen molar-refractivity contribution in [3.63, 3.8) is 0 Å². The molecule has 0 atom stereocenters. The van der Waals surface area contributed by atoms with Crippen molar-refractivity contribution in [2.24, 2.45) is 5.84 Å². The van der Waals surface area contributed by atoms with Gasteiger partial charge in [-0.05, 0) is 23.1 Å². The van der Waals surface area contributed by atoms with E-state index in [1.54, 1.807) is 0 Å². The maximum atomic E-state index is 5.67. The second-order valence-electron chi connectivity index (χ2n) is 5.26. The van der Waals surface area contributed by atoms with E-state index in [2.05, 4.69) is 47.9 Å². The fourth-order valence-electron chi connectivity index (χ4n) is 1.62. The average molecular weight is 278 g/mol. The molecule has 0 saturated heterocycles. The Morgan fingerprint density at radius 2 is 1.95 bits per heavy atom. The van der Waals surface area contributed by atoms with E-state index in [0.29, 0.717) is 12.3 Å². The number of anilines is 1. The molecule has 0 radical (unpaired) electrons. The van der Waals surface area contributed by atoms with Crippen LogP contribution in [0.15, 0.2) is 24.3 Å². The van der Waals surface area contributed by atoms with Crippen molar-refractivity contribution in [3.8, 4) is 5.75 Å². The molecule has 19 heavy (non-hydrogen) atoms. The molecule has 5 nitrogen and oxygen atoms in total. The first kappa shape index (κ1) is 13.8. The van der Waals surface area contributed by atoms with Gasteiger partial charge in [0, 0.05) is 11.5 Å². The minimum absolute atomic E-state index is 0.147. The van der Waals surface area contributed by atoms with Gasteiger partial charge in [0.05, 0.1) is 0 Å². The summed E-state index contributed by atoms with van der Waals surface area (Å²) in [5.74, 6) is 6.17. The highest BCUT2D eigenvalue weighted by atomic mass is 32.1. The van der Waals surface area contributed by atoms with Gasteiger partial charge in [0.15, 0.2) is 5.00 Å². The van der Waals surface area contributed by atoms with E-state index >= 15 is 0 Å². The van der Waals surface area contributed by atoms with Crippen LogP contribution < -0.4 is 16.0 Å². The van der Waals surface area contributed by atoms with E-state index in [-0.39, 0.29) is 5.41 Å². The van der Waals surface area contributed by atoms with Gasteiger partial charge in [0.2, 0.25) is 0 Å². The summed E-state index contributed by atoms with van der Waals surface area (Å²) in [4.78, 5) is 0. The normalized spacial score (nSPS) is 11.4. The van der Waals surface area contributed by atoms with Crippen LogP contribution in [0.25, 0.3) is 0 Å². The van der Waals surface area contributed by atoms with Crippen molar-refractivity contribution in [2.45, 2.75) is 32.8 Å². The first-order valence-electron chi connectivity index (χ1n) is 6.02. The predicted molar refractivity (Wildman–Crippen MR) is 77.2 cm³/mol. The van der Waals surface area contributed by atoms with Gasteiger partial charge in [-0.15, -0.1) is 5.10 Å². The fourth-order valence-corrected chi connectivity index (χ4v) is 2.09. The van der Waals surface area contributed by atoms with Crippen molar-refractivity contribution < 1.29 is 4.74 Å². The van der Waals surface area contributed by atoms with E-state index < -0.39 is 0 Å². The number of hydrazine groups is 1. The number of aromatic nitrogens is 2. The van der Waals surface area contributed by atoms with Gasteiger partial charge in [0.1, 0.15) is 18.1 Å². The van der Waals surface area contributed by atoms with Crippen LogP contribution in [0.4, 0.5) is 5.00 Å². The standard InChI is InChI=1S/C13H18N4OS/c1-13(2,3)9-4-6-10(7-5-9)18-8-11-12(15-14)19-17-16-11/h4-7,15H,8,14H2,1-3H3. The highest BCUT2D eigenvalue weighted by molar-refractivity contribution is 7.10. The number of nitrogens with one attached hydrogen (secondary N) is 1. The first-order chi connectivity index (χ1) is 9.00. The Labute approximate surface area is 116 Å². The number of nitrogens with zero attached hydrogens (tertiary/aromatic N) is 2. The number of nitrogens with two attached hydrogens (primary N) is 1.